The standard InChI is InChI=1S/C21H24FN5S/c22-19-5-4-15(13-23-19)16-12-18-20(24-14-16)25-21(28-18)27-10-6-17(7-11-27)26-8-2-1-3-9-26/h4-5,12-14,17H,1-3,6-11H2. The first-order valence-corrected chi connectivity index (χ1v) is 11.0. The molecule has 146 valence electrons. The quantitative estimate of drug-likeness (QED) is 0.615. The second-order valence-electron chi connectivity index (χ2n) is 7.73. The molecule has 7 heteroatoms. The van der Waals surface area contributed by atoms with Gasteiger partial charge in [-0.25, -0.2) is 9.97 Å². The third-order valence-electron chi connectivity index (χ3n) is 5.94. The maximum Gasteiger partial charge on any atom is 0.212 e. The Bertz CT molecular complexity index is 943. The summed E-state index contributed by atoms with van der Waals surface area (Å²) in [6, 6.07) is 5.93. The van der Waals surface area contributed by atoms with Crippen molar-refractivity contribution in [1.82, 2.24) is 19.9 Å². The van der Waals surface area contributed by atoms with Crippen LogP contribution in [0.25, 0.3) is 21.5 Å². The van der Waals surface area contributed by atoms with E-state index in [1.807, 2.05) is 0 Å². The number of pyridine rings is 2. The Balaban J connectivity index is 1.31. The van der Waals surface area contributed by atoms with Crippen molar-refractivity contribution in [3.8, 4) is 11.1 Å². The SMILES string of the molecule is Fc1ccc(-c2cnc3nc(N4CCC(N5CCCCC5)CC4)sc3c2)cn1. The largest absolute Gasteiger partial charge is 0.348 e. The Morgan fingerprint density at radius 1 is 0.929 bits per heavy atom. The van der Waals surface area contributed by atoms with E-state index in [2.05, 4.69) is 25.8 Å². The summed E-state index contributed by atoms with van der Waals surface area (Å²) in [4.78, 5) is 18.1. The fourth-order valence-electron chi connectivity index (χ4n) is 4.35. The van der Waals surface area contributed by atoms with Crippen molar-refractivity contribution in [3.05, 3.63) is 36.5 Å². The minimum Gasteiger partial charge on any atom is -0.348 e. The zero-order valence-corrected chi connectivity index (χ0v) is 16.7. The van der Waals surface area contributed by atoms with Crippen LogP contribution in [0.3, 0.4) is 0 Å². The second-order valence-corrected chi connectivity index (χ2v) is 8.74. The number of aromatic nitrogens is 3. The van der Waals surface area contributed by atoms with Crippen LogP contribution in [0.4, 0.5) is 9.52 Å². The van der Waals surface area contributed by atoms with E-state index in [4.69, 9.17) is 4.98 Å². The van der Waals surface area contributed by atoms with Gasteiger partial charge in [0.2, 0.25) is 5.95 Å². The molecular weight excluding hydrogens is 373 g/mol. The van der Waals surface area contributed by atoms with E-state index in [0.717, 1.165) is 45.7 Å². The first-order chi connectivity index (χ1) is 13.8. The van der Waals surface area contributed by atoms with E-state index in [1.54, 1.807) is 29.8 Å². The van der Waals surface area contributed by atoms with E-state index in [9.17, 15) is 4.39 Å². The number of hydrogen-bond acceptors (Lipinski definition) is 6. The molecule has 0 bridgehead atoms. The van der Waals surface area contributed by atoms with Crippen LogP contribution in [0.2, 0.25) is 0 Å². The van der Waals surface area contributed by atoms with E-state index in [-0.39, 0.29) is 0 Å². The Labute approximate surface area is 168 Å². The van der Waals surface area contributed by atoms with Gasteiger partial charge in [-0.2, -0.15) is 9.37 Å². The maximum atomic E-state index is 13.1. The first kappa shape index (κ1) is 17.9. The molecule has 0 N–H and O–H groups in total. The Hall–Kier alpha value is -2.12. The topological polar surface area (TPSA) is 45.2 Å². The Kier molecular flexibility index (Phi) is 4.94. The lowest BCUT2D eigenvalue weighted by Gasteiger charge is -2.40. The summed E-state index contributed by atoms with van der Waals surface area (Å²) in [7, 11) is 0. The van der Waals surface area contributed by atoms with Crippen molar-refractivity contribution in [2.24, 2.45) is 0 Å². The van der Waals surface area contributed by atoms with Crippen molar-refractivity contribution < 1.29 is 4.39 Å². The van der Waals surface area contributed by atoms with Crippen molar-refractivity contribution in [2.45, 2.75) is 38.1 Å². The van der Waals surface area contributed by atoms with Gasteiger partial charge in [0.25, 0.3) is 0 Å². The molecular formula is C21H24FN5S. The van der Waals surface area contributed by atoms with Crippen LogP contribution in [0.15, 0.2) is 30.6 Å². The van der Waals surface area contributed by atoms with E-state index in [1.165, 1.54) is 51.3 Å². The van der Waals surface area contributed by atoms with Gasteiger partial charge in [-0.05, 0) is 57.0 Å². The first-order valence-electron chi connectivity index (χ1n) is 10.1. The molecule has 0 unspecified atom stereocenters. The predicted molar refractivity (Wildman–Crippen MR) is 111 cm³/mol. The van der Waals surface area contributed by atoms with Crippen LogP contribution < -0.4 is 4.90 Å². The highest BCUT2D eigenvalue weighted by Crippen LogP contribution is 2.33. The zero-order valence-electron chi connectivity index (χ0n) is 15.9. The number of nitrogens with zero attached hydrogens (tertiary/aromatic N) is 5. The van der Waals surface area contributed by atoms with Gasteiger partial charge < -0.3 is 9.80 Å². The molecule has 0 amide bonds. The highest BCUT2D eigenvalue weighted by atomic mass is 32.1. The van der Waals surface area contributed by atoms with Crippen LogP contribution in [0, 0.1) is 5.95 Å². The molecule has 0 saturated carbocycles. The summed E-state index contributed by atoms with van der Waals surface area (Å²) in [5.41, 5.74) is 2.60. The number of fused-ring (bicyclic) bond motifs is 1. The van der Waals surface area contributed by atoms with Gasteiger partial charge in [0, 0.05) is 42.7 Å². The lowest BCUT2D eigenvalue weighted by Crippen LogP contribution is -2.46. The summed E-state index contributed by atoms with van der Waals surface area (Å²) < 4.78 is 14.1. The molecule has 0 aromatic carbocycles. The Morgan fingerprint density at radius 3 is 2.46 bits per heavy atom. The van der Waals surface area contributed by atoms with Crippen LogP contribution in [0.5, 0.6) is 0 Å². The number of halogens is 1. The number of anilines is 1. The molecule has 0 spiro atoms. The summed E-state index contributed by atoms with van der Waals surface area (Å²) in [5.74, 6) is -0.467. The van der Waals surface area contributed by atoms with Crippen molar-refractivity contribution >= 4 is 26.8 Å². The van der Waals surface area contributed by atoms with Crippen molar-refractivity contribution in [3.63, 3.8) is 0 Å². The van der Waals surface area contributed by atoms with E-state index < -0.39 is 5.95 Å². The summed E-state index contributed by atoms with van der Waals surface area (Å²) >= 11 is 1.70. The number of likely N-dealkylation sites (tertiary alicyclic amines) is 1. The highest BCUT2D eigenvalue weighted by molar-refractivity contribution is 7.22. The average Bonchev–Trinajstić information content (AvgIpc) is 3.18. The minimum absolute atomic E-state index is 0.467. The molecule has 0 atom stereocenters. The fraction of sp³-hybridized carbons (Fsp3) is 0.476. The van der Waals surface area contributed by atoms with Crippen LogP contribution in [-0.2, 0) is 0 Å². The van der Waals surface area contributed by atoms with Crippen LogP contribution in [0.1, 0.15) is 32.1 Å². The maximum absolute atomic E-state index is 13.1. The fourth-order valence-corrected chi connectivity index (χ4v) is 5.37. The average molecular weight is 398 g/mol. The molecule has 5 rings (SSSR count). The molecule has 3 aromatic heterocycles. The normalized spacial score (nSPS) is 19.4. The molecule has 5 nitrogen and oxygen atoms in total. The molecule has 3 aromatic rings. The van der Waals surface area contributed by atoms with Crippen molar-refractivity contribution in [2.75, 3.05) is 31.1 Å². The minimum atomic E-state index is -0.467. The number of hydrogen-bond donors (Lipinski definition) is 0. The predicted octanol–water partition coefficient (Wildman–Crippen LogP) is 4.35. The molecule has 0 aliphatic carbocycles. The molecule has 0 radical (unpaired) electrons. The van der Waals surface area contributed by atoms with E-state index >= 15 is 0 Å². The zero-order chi connectivity index (χ0) is 18.9. The molecule has 2 saturated heterocycles. The third kappa shape index (κ3) is 3.61. The monoisotopic (exact) mass is 397 g/mol. The number of rotatable bonds is 3. The lowest BCUT2D eigenvalue weighted by atomic mass is 10.0. The van der Waals surface area contributed by atoms with Gasteiger partial charge in [0.05, 0.1) is 4.70 Å². The molecule has 5 heterocycles. The molecule has 2 aliphatic heterocycles. The van der Waals surface area contributed by atoms with Gasteiger partial charge >= 0.3 is 0 Å². The summed E-state index contributed by atoms with van der Waals surface area (Å²) in [5, 5.41) is 1.06. The van der Waals surface area contributed by atoms with E-state index in [0.29, 0.717) is 0 Å². The number of thiazole rings is 1. The molecule has 2 aliphatic rings. The van der Waals surface area contributed by atoms with Crippen LogP contribution >= 0.6 is 11.3 Å². The summed E-state index contributed by atoms with van der Waals surface area (Å²) in [6.07, 6.45) is 9.88. The van der Waals surface area contributed by atoms with Gasteiger partial charge in [0.15, 0.2) is 10.8 Å². The van der Waals surface area contributed by atoms with Gasteiger partial charge in [0.1, 0.15) is 0 Å². The van der Waals surface area contributed by atoms with Gasteiger partial charge in [-0.3, -0.25) is 0 Å². The highest BCUT2D eigenvalue weighted by Gasteiger charge is 2.26. The smallest absolute Gasteiger partial charge is 0.212 e. The van der Waals surface area contributed by atoms with Crippen molar-refractivity contribution in [1.29, 1.82) is 0 Å². The van der Waals surface area contributed by atoms with Gasteiger partial charge in [-0.1, -0.05) is 17.8 Å². The van der Waals surface area contributed by atoms with Gasteiger partial charge in [-0.15, -0.1) is 0 Å². The third-order valence-corrected chi connectivity index (χ3v) is 6.99. The van der Waals surface area contributed by atoms with Crippen LogP contribution in [-0.4, -0.2) is 52.1 Å². The molecule has 28 heavy (non-hydrogen) atoms. The lowest BCUT2D eigenvalue weighted by molar-refractivity contribution is 0.141. The molecule has 2 fully saturated rings. The summed E-state index contributed by atoms with van der Waals surface area (Å²) in [6.45, 7) is 4.68. The second kappa shape index (κ2) is 7.72. The number of piperidine rings is 2. The Morgan fingerprint density at radius 2 is 1.71 bits per heavy atom.